The Morgan fingerprint density at radius 2 is 2.00 bits per heavy atom. The monoisotopic (exact) mass is 465 g/mol. The van der Waals surface area contributed by atoms with Crippen molar-refractivity contribution in [1.29, 1.82) is 0 Å². The van der Waals surface area contributed by atoms with Gasteiger partial charge in [-0.2, -0.15) is 0 Å². The maximum absolute atomic E-state index is 13.2. The zero-order chi connectivity index (χ0) is 24.0. The normalized spacial score (nSPS) is 17.0. The van der Waals surface area contributed by atoms with Crippen molar-refractivity contribution in [3.63, 3.8) is 0 Å². The highest BCUT2D eigenvalue weighted by Gasteiger charge is 2.23. The van der Waals surface area contributed by atoms with E-state index in [0.29, 0.717) is 11.1 Å². The number of nitrogens with zero attached hydrogens (tertiary/aromatic N) is 3. The van der Waals surface area contributed by atoms with Crippen LogP contribution in [0.1, 0.15) is 37.5 Å². The molecule has 6 heteroatoms. The van der Waals surface area contributed by atoms with Crippen molar-refractivity contribution in [2.75, 3.05) is 19.6 Å². The number of halogens is 2. The van der Waals surface area contributed by atoms with E-state index in [4.69, 9.17) is 11.6 Å². The summed E-state index contributed by atoms with van der Waals surface area (Å²) in [5, 5.41) is 3.63. The van der Waals surface area contributed by atoms with E-state index >= 15 is 0 Å². The molecule has 2 aromatic carbocycles. The molecule has 1 heterocycles. The van der Waals surface area contributed by atoms with Crippen LogP contribution in [0.4, 0.5) is 4.39 Å². The quantitative estimate of drug-likeness (QED) is 0.293. The van der Waals surface area contributed by atoms with Crippen LogP contribution in [0.15, 0.2) is 66.0 Å². The highest BCUT2D eigenvalue weighted by molar-refractivity contribution is 6.30. The lowest BCUT2D eigenvalue weighted by Crippen LogP contribution is -2.50. The molecule has 172 valence electrons. The van der Waals surface area contributed by atoms with Crippen molar-refractivity contribution in [3.8, 4) is 11.8 Å². The summed E-state index contributed by atoms with van der Waals surface area (Å²) in [5.41, 5.74) is 2.71. The predicted molar refractivity (Wildman–Crippen MR) is 134 cm³/mol. The molecule has 1 aliphatic heterocycles. The van der Waals surface area contributed by atoms with E-state index in [2.05, 4.69) is 40.3 Å². The molecule has 0 amide bonds. The lowest BCUT2D eigenvalue weighted by atomic mass is 10.0. The first kappa shape index (κ1) is 24.7. The van der Waals surface area contributed by atoms with Gasteiger partial charge in [0.25, 0.3) is 0 Å². The summed E-state index contributed by atoms with van der Waals surface area (Å²) in [4.78, 5) is 15.6. The Morgan fingerprint density at radius 1 is 1.27 bits per heavy atom. The molecule has 4 nitrogen and oxygen atoms in total. The predicted octanol–water partition coefficient (Wildman–Crippen LogP) is 6.11. The number of hydrogen-bond donors (Lipinski definition) is 0. The smallest absolute Gasteiger partial charge is 0.157 e. The molecule has 0 spiro atoms. The Labute approximate surface area is 200 Å². The molecule has 1 aliphatic rings. The van der Waals surface area contributed by atoms with Gasteiger partial charge in [-0.3, -0.25) is 4.90 Å². The molecule has 33 heavy (non-hydrogen) atoms. The van der Waals surface area contributed by atoms with Crippen LogP contribution < -0.4 is 0 Å². The second-order valence-electron chi connectivity index (χ2n) is 8.86. The van der Waals surface area contributed by atoms with Gasteiger partial charge in [0.05, 0.1) is 0 Å². The average molecular weight is 466 g/mol. The topological polar surface area (TPSA) is 35.9 Å². The van der Waals surface area contributed by atoms with Crippen LogP contribution >= 0.6 is 11.6 Å². The van der Waals surface area contributed by atoms with E-state index in [1.54, 1.807) is 19.9 Å². The molecule has 0 radical (unpaired) electrons. The largest absolute Gasteiger partial charge is 0.367 e. The van der Waals surface area contributed by atoms with Crippen LogP contribution in [0.25, 0.3) is 6.08 Å². The number of rotatable bonds is 6. The molecule has 2 aromatic rings. The molecule has 0 N–H and O–H groups in total. The summed E-state index contributed by atoms with van der Waals surface area (Å²) in [7, 11) is 0. The van der Waals surface area contributed by atoms with Crippen LogP contribution in [0, 0.1) is 22.6 Å². The Kier molecular flexibility index (Phi) is 8.07. The summed E-state index contributed by atoms with van der Waals surface area (Å²) in [6, 6.07) is 12.5. The first-order valence-corrected chi connectivity index (χ1v) is 11.3. The Hall–Kier alpha value is -2.94. The van der Waals surface area contributed by atoms with E-state index in [-0.39, 0.29) is 5.82 Å². The summed E-state index contributed by atoms with van der Waals surface area (Å²) < 4.78 is 13.2. The van der Waals surface area contributed by atoms with Crippen LogP contribution in [-0.2, 0) is 6.54 Å². The summed E-state index contributed by atoms with van der Waals surface area (Å²) in [5.74, 6) is 5.73. The summed E-state index contributed by atoms with van der Waals surface area (Å²) >= 11 is 6.16. The molecular formula is C27H29ClFN3O. The molecule has 0 saturated carbocycles. The minimum Gasteiger partial charge on any atom is -0.367 e. The van der Waals surface area contributed by atoms with Gasteiger partial charge in [-0.05, 0) is 62.2 Å². The maximum atomic E-state index is 13.2. The van der Waals surface area contributed by atoms with E-state index in [9.17, 15) is 9.30 Å². The molecule has 3 rings (SSSR count). The van der Waals surface area contributed by atoms with E-state index in [0.717, 1.165) is 48.6 Å². The molecule has 1 unspecified atom stereocenters. The Morgan fingerprint density at radius 3 is 2.67 bits per heavy atom. The summed E-state index contributed by atoms with van der Waals surface area (Å²) in [6.07, 6.45) is 3.96. The van der Waals surface area contributed by atoms with Crippen molar-refractivity contribution < 1.29 is 4.39 Å². The first-order chi connectivity index (χ1) is 15.7. The van der Waals surface area contributed by atoms with Gasteiger partial charge in [-0.1, -0.05) is 59.5 Å². The Balaban J connectivity index is 1.66. The highest BCUT2D eigenvalue weighted by Crippen LogP contribution is 2.21. The van der Waals surface area contributed by atoms with Gasteiger partial charge in [-0.25, -0.2) is 4.39 Å². The van der Waals surface area contributed by atoms with Gasteiger partial charge in [0, 0.05) is 48.5 Å². The number of hydrogen-bond acceptors (Lipinski definition) is 4. The molecule has 0 aliphatic carbocycles. The molecule has 1 saturated heterocycles. The van der Waals surface area contributed by atoms with Crippen molar-refractivity contribution >= 4 is 17.7 Å². The van der Waals surface area contributed by atoms with Gasteiger partial charge in [0.15, 0.2) is 5.54 Å². The van der Waals surface area contributed by atoms with Crippen LogP contribution in [0.3, 0.4) is 0 Å². The SMILES string of the molecule is C=C(/C=C/c1ccc(Cl)cc1C#CC(C)(C)N=O)N1CCN(Cc2ccc(F)cc2)CC1C. The van der Waals surface area contributed by atoms with E-state index < -0.39 is 5.54 Å². The number of piperazine rings is 1. The number of allylic oxidation sites excluding steroid dienone is 1. The van der Waals surface area contributed by atoms with Crippen molar-refractivity contribution in [3.05, 3.63) is 93.3 Å². The highest BCUT2D eigenvalue weighted by atomic mass is 35.5. The zero-order valence-corrected chi connectivity index (χ0v) is 20.1. The molecule has 1 atom stereocenters. The maximum Gasteiger partial charge on any atom is 0.157 e. The van der Waals surface area contributed by atoms with E-state index in [1.807, 2.05) is 36.4 Å². The Bertz CT molecular complexity index is 1100. The molecule has 0 bridgehead atoms. The fourth-order valence-corrected chi connectivity index (χ4v) is 3.93. The minimum absolute atomic E-state index is 0.209. The van der Waals surface area contributed by atoms with Crippen LogP contribution in [0.2, 0.25) is 5.02 Å². The third-order valence-electron chi connectivity index (χ3n) is 5.60. The fraction of sp³-hybridized carbons (Fsp3) is 0.333. The molecular weight excluding hydrogens is 437 g/mol. The van der Waals surface area contributed by atoms with Gasteiger partial charge >= 0.3 is 0 Å². The third-order valence-corrected chi connectivity index (χ3v) is 5.84. The van der Waals surface area contributed by atoms with E-state index in [1.165, 1.54) is 12.1 Å². The third kappa shape index (κ3) is 7.02. The van der Waals surface area contributed by atoms with Crippen molar-refractivity contribution in [2.45, 2.75) is 38.9 Å². The standard InChI is InChI=1S/C27H29ClFN3O/c1-20(5-8-23-9-10-25(28)17-24(23)13-14-27(3,4)30-33)32-16-15-31(18-21(32)2)19-22-6-11-26(29)12-7-22/h5-12,17,21H,1,15-16,18-19H2,2-4H3/b8-5+. The first-order valence-electron chi connectivity index (χ1n) is 10.9. The zero-order valence-electron chi connectivity index (χ0n) is 19.3. The minimum atomic E-state index is -0.962. The van der Waals surface area contributed by atoms with Gasteiger partial charge in [0.2, 0.25) is 0 Å². The number of nitroso groups, excluding NO2 is 1. The second-order valence-corrected chi connectivity index (χ2v) is 9.30. The second kappa shape index (κ2) is 10.8. The fourth-order valence-electron chi connectivity index (χ4n) is 3.76. The molecule has 1 fully saturated rings. The average Bonchev–Trinajstić information content (AvgIpc) is 2.78. The van der Waals surface area contributed by atoms with Gasteiger partial charge in [-0.15, -0.1) is 4.91 Å². The summed E-state index contributed by atoms with van der Waals surface area (Å²) in [6.45, 7) is 13.3. The lowest BCUT2D eigenvalue weighted by molar-refractivity contribution is 0.109. The van der Waals surface area contributed by atoms with Gasteiger partial charge < -0.3 is 4.90 Å². The molecule has 0 aromatic heterocycles. The van der Waals surface area contributed by atoms with Crippen molar-refractivity contribution in [1.82, 2.24) is 9.80 Å². The van der Waals surface area contributed by atoms with Crippen LogP contribution in [-0.4, -0.2) is 41.0 Å². The lowest BCUT2D eigenvalue weighted by Gasteiger charge is -2.41. The van der Waals surface area contributed by atoms with Crippen molar-refractivity contribution in [2.24, 2.45) is 5.18 Å². The van der Waals surface area contributed by atoms with Gasteiger partial charge in [0.1, 0.15) is 5.82 Å². The number of benzene rings is 2. The van der Waals surface area contributed by atoms with Crippen LogP contribution in [0.5, 0.6) is 0 Å².